The number of allylic oxidation sites excluding steroid dienone is 1. The van der Waals surface area contributed by atoms with E-state index in [0.29, 0.717) is 17.8 Å². The van der Waals surface area contributed by atoms with Gasteiger partial charge in [-0.05, 0) is 50.4 Å². The molecule has 3 nitrogen and oxygen atoms in total. The van der Waals surface area contributed by atoms with Gasteiger partial charge in [-0.1, -0.05) is 25.7 Å². The zero-order valence-corrected chi connectivity index (χ0v) is 16.0. The monoisotopic (exact) mass is 401 g/mol. The molecule has 4 heteroatoms. The molecule has 0 radical (unpaired) electrons. The summed E-state index contributed by atoms with van der Waals surface area (Å²) < 4.78 is 0. The molecule has 2 N–H and O–H groups in total. The van der Waals surface area contributed by atoms with Gasteiger partial charge in [0.1, 0.15) is 0 Å². The maximum Gasteiger partial charge on any atom is 0.157 e. The average molecular weight is 399 g/mol. The van der Waals surface area contributed by atoms with Gasteiger partial charge in [-0.15, -0.1) is 0 Å². The molecule has 0 heterocycles. The number of aliphatic hydroxyl groups excluding tert-OH is 2. The molecule has 4 aliphatic rings. The van der Waals surface area contributed by atoms with Gasteiger partial charge in [0.25, 0.3) is 0 Å². The van der Waals surface area contributed by atoms with E-state index in [9.17, 15) is 15.0 Å². The van der Waals surface area contributed by atoms with Gasteiger partial charge in [-0.3, -0.25) is 4.79 Å². The molecular formula is C19H27MoO3-. The van der Waals surface area contributed by atoms with Crippen molar-refractivity contribution >= 4 is 5.78 Å². The Morgan fingerprint density at radius 2 is 1.96 bits per heavy atom. The number of aliphatic hydroxyl groups is 2. The Kier molecular flexibility index (Phi) is 4.62. The first-order valence-electron chi connectivity index (χ1n) is 8.86. The van der Waals surface area contributed by atoms with Gasteiger partial charge in [0, 0.05) is 21.1 Å². The summed E-state index contributed by atoms with van der Waals surface area (Å²) in [6.07, 6.45) is 6.66. The Bertz CT molecular complexity index is 543. The van der Waals surface area contributed by atoms with Crippen LogP contribution in [0.3, 0.4) is 0 Å². The van der Waals surface area contributed by atoms with Gasteiger partial charge in [0.2, 0.25) is 0 Å². The van der Waals surface area contributed by atoms with Gasteiger partial charge in [-0.2, -0.15) is 5.57 Å². The van der Waals surface area contributed by atoms with Crippen molar-refractivity contribution in [3.8, 4) is 0 Å². The maximum absolute atomic E-state index is 13.1. The summed E-state index contributed by atoms with van der Waals surface area (Å²) >= 11 is 0. The first-order chi connectivity index (χ1) is 10.4. The first kappa shape index (κ1) is 17.7. The second-order valence-corrected chi connectivity index (χ2v) is 8.36. The van der Waals surface area contributed by atoms with Crippen molar-refractivity contribution in [1.29, 1.82) is 0 Å². The molecular weight excluding hydrogens is 372 g/mol. The number of ketones is 1. The number of hydrogen-bond acceptors (Lipinski definition) is 3. The Balaban J connectivity index is 0.00000156. The van der Waals surface area contributed by atoms with Crippen LogP contribution in [0.15, 0.2) is 11.1 Å². The van der Waals surface area contributed by atoms with E-state index in [0.717, 1.165) is 36.8 Å². The molecule has 0 aromatic carbocycles. The largest absolute Gasteiger partial charge is 0.399 e. The quantitative estimate of drug-likeness (QED) is 0.487. The molecule has 0 spiro atoms. The summed E-state index contributed by atoms with van der Waals surface area (Å²) in [5.74, 6) is 1.83. The third-order valence-corrected chi connectivity index (χ3v) is 7.45. The minimum Gasteiger partial charge on any atom is -0.399 e. The third kappa shape index (κ3) is 2.41. The average Bonchev–Trinajstić information content (AvgIpc) is 2.48. The van der Waals surface area contributed by atoms with E-state index in [4.69, 9.17) is 0 Å². The number of carbonyl (C=O) groups is 1. The number of carbonyl (C=O) groups excluding carboxylic acids is 1. The maximum atomic E-state index is 13.1. The molecule has 2 bridgehead atoms. The smallest absolute Gasteiger partial charge is 0.157 e. The zero-order chi connectivity index (χ0) is 15.6. The fraction of sp³-hybridized carbons (Fsp3) is 0.789. The molecule has 0 aromatic rings. The van der Waals surface area contributed by atoms with Crippen molar-refractivity contribution in [3.05, 3.63) is 17.6 Å². The summed E-state index contributed by atoms with van der Waals surface area (Å²) in [7, 11) is 0. The van der Waals surface area contributed by atoms with Crippen LogP contribution < -0.4 is 0 Å². The minimum atomic E-state index is -1.02. The molecule has 3 fully saturated rings. The van der Waals surface area contributed by atoms with E-state index in [1.54, 1.807) is 0 Å². The molecule has 2 unspecified atom stereocenters. The molecule has 23 heavy (non-hydrogen) atoms. The van der Waals surface area contributed by atoms with Crippen molar-refractivity contribution in [2.75, 3.05) is 0 Å². The molecule has 0 amide bonds. The van der Waals surface area contributed by atoms with Crippen LogP contribution in [0.1, 0.15) is 52.4 Å². The van der Waals surface area contributed by atoms with Crippen molar-refractivity contribution in [2.45, 2.75) is 64.6 Å². The summed E-state index contributed by atoms with van der Waals surface area (Å²) in [5, 5.41) is 21.5. The first-order valence-corrected chi connectivity index (χ1v) is 8.86. The van der Waals surface area contributed by atoms with Crippen LogP contribution in [0.25, 0.3) is 0 Å². The molecule has 3 saturated carbocycles. The van der Waals surface area contributed by atoms with Crippen molar-refractivity contribution in [1.82, 2.24) is 0 Å². The van der Waals surface area contributed by atoms with Gasteiger partial charge < -0.3 is 10.2 Å². The molecule has 0 aliphatic heterocycles. The predicted octanol–water partition coefficient (Wildman–Crippen LogP) is 2.66. The Hall–Kier alpha value is -0.112. The summed E-state index contributed by atoms with van der Waals surface area (Å²) in [5.41, 5.74) is 1.22. The second kappa shape index (κ2) is 6.00. The van der Waals surface area contributed by atoms with Gasteiger partial charge in [0.15, 0.2) is 5.78 Å². The topological polar surface area (TPSA) is 57.5 Å². The summed E-state index contributed by atoms with van der Waals surface area (Å²) in [6, 6.07) is 0. The van der Waals surface area contributed by atoms with Crippen molar-refractivity contribution in [2.24, 2.45) is 29.1 Å². The number of rotatable bonds is 0. The standard InChI is InChI=1S/C19H27O3.Mo/c1-10-3-4-11-7-14(10)17(21)18(22)19(2)15(8-11)13-6-5-12(13)9-16(19)20;/h3,11-13,15-17,20-21H,4-9H2,1-2H3;/q-1;/t11-,12+,13+,15+,16?,17?,19+;/m1./s1. The van der Waals surface area contributed by atoms with Gasteiger partial charge in [-0.25, -0.2) is 12.0 Å². The van der Waals surface area contributed by atoms with Crippen LogP contribution in [0.2, 0.25) is 0 Å². The number of fused-ring (bicyclic) bond motifs is 5. The number of hydrogen-bond donors (Lipinski definition) is 2. The molecule has 0 aromatic heterocycles. The van der Waals surface area contributed by atoms with Crippen molar-refractivity contribution < 1.29 is 36.1 Å². The molecule has 4 aliphatic carbocycles. The van der Waals surface area contributed by atoms with E-state index in [-0.39, 0.29) is 32.8 Å². The van der Waals surface area contributed by atoms with E-state index in [2.05, 4.69) is 6.42 Å². The Morgan fingerprint density at radius 1 is 1.22 bits per heavy atom. The Morgan fingerprint density at radius 3 is 2.61 bits per heavy atom. The SMILES string of the molecule is CC1=C2C[C@@H](C[CH-]1)C[C@H]1[C@H]3CC[C@H]3CC(O)[C@@]1(C)C(=O)C2O.[Mo]. The van der Waals surface area contributed by atoms with Gasteiger partial charge in [0.05, 0.1) is 17.6 Å². The fourth-order valence-electron chi connectivity index (χ4n) is 5.76. The van der Waals surface area contributed by atoms with Crippen molar-refractivity contribution in [3.63, 3.8) is 0 Å². The minimum absolute atomic E-state index is 0. The van der Waals surface area contributed by atoms with Crippen LogP contribution in [-0.2, 0) is 25.9 Å². The summed E-state index contributed by atoms with van der Waals surface area (Å²) in [6.45, 7) is 3.94. The fourth-order valence-corrected chi connectivity index (χ4v) is 5.76. The van der Waals surface area contributed by atoms with Crippen LogP contribution >= 0.6 is 0 Å². The summed E-state index contributed by atoms with van der Waals surface area (Å²) in [4.78, 5) is 13.1. The van der Waals surface area contributed by atoms with Crippen LogP contribution in [0, 0.1) is 35.5 Å². The zero-order valence-electron chi connectivity index (χ0n) is 14.0. The van der Waals surface area contributed by atoms with E-state index in [1.807, 2.05) is 13.8 Å². The van der Waals surface area contributed by atoms with Crippen LogP contribution in [0.5, 0.6) is 0 Å². The number of Topliss-reactive ketones (excluding diaryl/α,β-unsaturated/α-hetero) is 1. The van der Waals surface area contributed by atoms with Crippen LogP contribution in [0.4, 0.5) is 0 Å². The third-order valence-electron chi connectivity index (χ3n) is 7.45. The normalized spacial score (nSPS) is 48.8. The predicted molar refractivity (Wildman–Crippen MR) is 83.8 cm³/mol. The van der Waals surface area contributed by atoms with E-state index < -0.39 is 17.6 Å². The van der Waals surface area contributed by atoms with E-state index in [1.165, 1.54) is 12.8 Å². The van der Waals surface area contributed by atoms with E-state index >= 15 is 0 Å². The van der Waals surface area contributed by atoms with Gasteiger partial charge >= 0.3 is 0 Å². The molecule has 4 rings (SSSR count). The van der Waals surface area contributed by atoms with Crippen LogP contribution in [-0.4, -0.2) is 28.2 Å². The Labute approximate surface area is 153 Å². The second-order valence-electron chi connectivity index (χ2n) is 8.36. The molecule has 7 atom stereocenters. The molecule has 128 valence electrons. The molecule has 0 saturated heterocycles.